The summed E-state index contributed by atoms with van der Waals surface area (Å²) in [5, 5.41) is 3.04. The summed E-state index contributed by atoms with van der Waals surface area (Å²) in [6, 6.07) is 21.5. The molecule has 0 spiro atoms. The van der Waals surface area contributed by atoms with Crippen LogP contribution in [-0.4, -0.2) is 3.21 Å². The summed E-state index contributed by atoms with van der Waals surface area (Å²) in [6.07, 6.45) is 12.2. The summed E-state index contributed by atoms with van der Waals surface area (Å²) in [7, 11) is 0. The van der Waals surface area contributed by atoms with Gasteiger partial charge in [-0.2, -0.15) is 0 Å². The number of halogens is 2. The predicted octanol–water partition coefficient (Wildman–Crippen LogP) is 6.03. The van der Waals surface area contributed by atoms with Crippen molar-refractivity contribution in [2.75, 3.05) is 0 Å². The largest absolute Gasteiger partial charge is 1.00 e. The molecule has 4 aliphatic rings. The number of fused-ring (bicyclic) bond motifs is 9. The fraction of sp³-hybridized carbons (Fsp3) is 0.432. The molecule has 244 valence electrons. The number of benzene rings is 4. The van der Waals surface area contributed by atoms with E-state index in [4.69, 9.17) is 0 Å². The van der Waals surface area contributed by atoms with Gasteiger partial charge in [0, 0.05) is 0 Å². The first-order valence-electron chi connectivity index (χ1n) is 17.9. The molecule has 0 aliphatic heterocycles. The van der Waals surface area contributed by atoms with Crippen LogP contribution in [0.2, 0.25) is 0 Å². The van der Waals surface area contributed by atoms with Crippen LogP contribution < -0.4 is 24.8 Å². The third-order valence-corrected chi connectivity index (χ3v) is 24.0. The van der Waals surface area contributed by atoms with Gasteiger partial charge < -0.3 is 24.8 Å². The molecule has 6 atom stereocenters. The van der Waals surface area contributed by atoms with Crippen LogP contribution in [0, 0.1) is 32.6 Å². The molecule has 47 heavy (non-hydrogen) atoms. The van der Waals surface area contributed by atoms with E-state index in [1.165, 1.54) is 65.3 Å². The fourth-order valence-electron chi connectivity index (χ4n) is 10.7. The molecule has 0 aromatic heterocycles. The quantitative estimate of drug-likeness (QED) is 0.236. The van der Waals surface area contributed by atoms with E-state index in [1.54, 1.807) is 33.2 Å². The molecule has 4 aromatic carbocycles. The first-order chi connectivity index (χ1) is 21.7. The Labute approximate surface area is 303 Å². The minimum absolute atomic E-state index is 0. The molecule has 1 saturated carbocycles. The fourth-order valence-corrected chi connectivity index (χ4v) is 22.7. The van der Waals surface area contributed by atoms with Gasteiger partial charge in [0.05, 0.1) is 0 Å². The summed E-state index contributed by atoms with van der Waals surface area (Å²) in [6.45, 7) is 20.4. The third kappa shape index (κ3) is 4.87. The molecule has 0 nitrogen and oxygen atoms in total. The van der Waals surface area contributed by atoms with Crippen LogP contribution in [0.5, 0.6) is 0 Å². The first-order valence-corrected chi connectivity index (χ1v) is 21.7. The summed E-state index contributed by atoms with van der Waals surface area (Å²) >= 11 is -2.48. The zero-order valence-electron chi connectivity index (χ0n) is 29.5. The second-order valence-corrected chi connectivity index (χ2v) is 23.3. The van der Waals surface area contributed by atoms with Gasteiger partial charge in [-0.05, 0) is 0 Å². The van der Waals surface area contributed by atoms with E-state index in [0.29, 0.717) is 27.3 Å². The van der Waals surface area contributed by atoms with Crippen LogP contribution in [0.25, 0.3) is 28.0 Å². The molecule has 8 rings (SSSR count). The monoisotopic (exact) mass is 738 g/mol. The topological polar surface area (TPSA) is 0 Å². The van der Waals surface area contributed by atoms with Gasteiger partial charge in [0.15, 0.2) is 0 Å². The van der Waals surface area contributed by atoms with Gasteiger partial charge in [0.2, 0.25) is 0 Å². The Morgan fingerprint density at radius 2 is 1.40 bits per heavy atom. The average Bonchev–Trinajstić information content (AvgIpc) is 3.60. The molecule has 1 fully saturated rings. The maximum atomic E-state index is 2.83. The molecular weight excluding hydrogens is 691 g/mol. The van der Waals surface area contributed by atoms with Gasteiger partial charge in [-0.25, -0.2) is 0 Å². The van der Waals surface area contributed by atoms with Crippen LogP contribution in [0.4, 0.5) is 0 Å². The van der Waals surface area contributed by atoms with Crippen molar-refractivity contribution in [3.63, 3.8) is 0 Å². The Hall–Kier alpha value is -1.79. The molecule has 4 aliphatic carbocycles. The van der Waals surface area contributed by atoms with Crippen LogP contribution >= 0.6 is 0 Å². The van der Waals surface area contributed by atoms with E-state index in [1.807, 2.05) is 8.77 Å². The second-order valence-electron chi connectivity index (χ2n) is 15.4. The van der Waals surface area contributed by atoms with E-state index in [0.717, 1.165) is 0 Å². The molecule has 4 aromatic rings. The number of hydrogen-bond donors (Lipinski definition) is 0. The molecule has 3 heteroatoms. The van der Waals surface area contributed by atoms with Crippen molar-refractivity contribution in [3.8, 4) is 11.1 Å². The van der Waals surface area contributed by atoms with E-state index in [-0.39, 0.29) is 27.9 Å². The van der Waals surface area contributed by atoms with Gasteiger partial charge >= 0.3 is 281 Å². The van der Waals surface area contributed by atoms with Crippen molar-refractivity contribution in [2.45, 2.75) is 106 Å². The van der Waals surface area contributed by atoms with Gasteiger partial charge in [0.25, 0.3) is 0 Å². The van der Waals surface area contributed by atoms with Crippen molar-refractivity contribution in [2.24, 2.45) is 11.8 Å². The van der Waals surface area contributed by atoms with Crippen LogP contribution in [-0.2, 0) is 24.4 Å². The van der Waals surface area contributed by atoms with Crippen molar-refractivity contribution >= 4 is 20.1 Å². The summed E-state index contributed by atoms with van der Waals surface area (Å²) < 4.78 is 2.89. The first kappa shape index (κ1) is 35.1. The maximum Gasteiger partial charge on any atom is -1.00 e. The van der Waals surface area contributed by atoms with Crippen molar-refractivity contribution < 1.29 is 46.1 Å². The van der Waals surface area contributed by atoms with Crippen molar-refractivity contribution in [3.05, 3.63) is 111 Å². The van der Waals surface area contributed by atoms with Gasteiger partial charge in [-0.15, -0.1) is 0 Å². The molecule has 0 radical (unpaired) electrons. The second kappa shape index (κ2) is 12.8. The predicted molar refractivity (Wildman–Crippen MR) is 192 cm³/mol. The summed E-state index contributed by atoms with van der Waals surface area (Å²) in [5.74, 6) is 2.27. The zero-order valence-corrected chi connectivity index (χ0v) is 33.5. The Morgan fingerprint density at radius 1 is 0.745 bits per heavy atom. The van der Waals surface area contributed by atoms with Gasteiger partial charge in [-0.3, -0.25) is 0 Å². The Balaban J connectivity index is 0.00000193. The minimum atomic E-state index is -2.48. The molecule has 0 saturated heterocycles. The summed E-state index contributed by atoms with van der Waals surface area (Å²) in [4.78, 5) is 0. The van der Waals surface area contributed by atoms with Crippen LogP contribution in [0.3, 0.4) is 0 Å². The number of allylic oxidation sites excluding steroid dienone is 1. The standard InChI is InChI=1S/C29H33.C9H7.C6H10.2ClH.Zr/c1-14-13-24-25(18(5)15(14)2)21(8)28-27-20(7)17(4)16(3)19(6)26(27)22-11-9-10-12-23(22)29(24)28;1-2-5-9-7-3-6-8(9)4-1;1-2-4-6-5-3-1;;;/h9-13,16-17,19,21H,1-8H3;1-7H;1-5H2;2*1H;/q;;;;;+2/p-2. The van der Waals surface area contributed by atoms with Crippen molar-refractivity contribution in [1.29, 1.82) is 0 Å². The third-order valence-electron chi connectivity index (χ3n) is 13.6. The van der Waals surface area contributed by atoms with Gasteiger partial charge in [-0.1, -0.05) is 0 Å². The SMILES string of the molecule is Cc1cc2c(c(C)c1C)C(C)c1c3c(c4ccccc4c1-2)C(C)C(C)C(C)[C]3(C)[Zr+2](=[C]1CCCCC1)[CH]1C=Cc2ccccc21.[Cl-].[Cl-]. The minimum Gasteiger partial charge on any atom is -1.00 e. The summed E-state index contributed by atoms with van der Waals surface area (Å²) in [5.41, 5.74) is 17.5. The molecule has 0 heterocycles. The molecular formula is C44H50Cl2Zr. The number of rotatable bonds is 2. The Bertz CT molecular complexity index is 1960. The zero-order chi connectivity index (χ0) is 31.4. The Kier molecular flexibility index (Phi) is 9.57. The van der Waals surface area contributed by atoms with Crippen LogP contribution in [0.15, 0.2) is 60.7 Å². The Morgan fingerprint density at radius 3 is 2.13 bits per heavy atom. The normalized spacial score (nSPS) is 26.8. The van der Waals surface area contributed by atoms with E-state index in [2.05, 4.69) is 122 Å². The number of hydrogen-bond acceptors (Lipinski definition) is 0. The maximum absolute atomic E-state index is 2.83. The molecule has 0 bridgehead atoms. The number of aryl methyl sites for hydroxylation is 1. The molecule has 0 N–H and O–H groups in total. The van der Waals surface area contributed by atoms with Crippen LogP contribution in [0.1, 0.15) is 132 Å². The van der Waals surface area contributed by atoms with E-state index in [9.17, 15) is 0 Å². The molecule has 6 unspecified atom stereocenters. The van der Waals surface area contributed by atoms with Gasteiger partial charge in [0.1, 0.15) is 0 Å². The smallest absolute Gasteiger partial charge is 1.00 e. The van der Waals surface area contributed by atoms with Crippen molar-refractivity contribution in [1.82, 2.24) is 0 Å². The molecule has 0 amide bonds. The average molecular weight is 741 g/mol. The van der Waals surface area contributed by atoms with E-state index >= 15 is 0 Å². The van der Waals surface area contributed by atoms with E-state index < -0.39 is 21.3 Å².